The number of carbonyl (C=O) groups is 1. The van der Waals surface area contributed by atoms with Gasteiger partial charge in [-0.1, -0.05) is 12.1 Å². The summed E-state index contributed by atoms with van der Waals surface area (Å²) in [5.74, 6) is 0.703. The van der Waals surface area contributed by atoms with Gasteiger partial charge in [-0.3, -0.25) is 14.3 Å². The highest BCUT2D eigenvalue weighted by Crippen LogP contribution is 2.23. The molecule has 0 spiro atoms. The van der Waals surface area contributed by atoms with Gasteiger partial charge >= 0.3 is 0 Å². The Hall–Kier alpha value is -3.22. The smallest absolute Gasteiger partial charge is 0.253 e. The molecule has 3 heterocycles. The normalized spacial score (nSPS) is 14.9. The minimum atomic E-state index is -0.194. The van der Waals surface area contributed by atoms with Crippen molar-refractivity contribution >= 4 is 5.91 Å². The molecule has 0 aliphatic carbocycles. The summed E-state index contributed by atoms with van der Waals surface area (Å²) in [4.78, 5) is 32.8. The molecular formula is C21H23N5O2. The van der Waals surface area contributed by atoms with Gasteiger partial charge in [0.1, 0.15) is 0 Å². The van der Waals surface area contributed by atoms with Crippen molar-refractivity contribution in [3.8, 4) is 11.3 Å². The van der Waals surface area contributed by atoms with Crippen LogP contribution in [-0.4, -0.2) is 43.6 Å². The lowest BCUT2D eigenvalue weighted by molar-refractivity contribution is 0.0684. The Balaban J connectivity index is 1.33. The van der Waals surface area contributed by atoms with Crippen molar-refractivity contribution in [2.24, 2.45) is 5.92 Å². The van der Waals surface area contributed by atoms with E-state index in [1.807, 2.05) is 46.1 Å². The highest BCUT2D eigenvalue weighted by molar-refractivity contribution is 5.94. The second-order valence-electron chi connectivity index (χ2n) is 7.17. The van der Waals surface area contributed by atoms with Crippen LogP contribution < -0.4 is 5.56 Å². The van der Waals surface area contributed by atoms with Crippen LogP contribution in [0.2, 0.25) is 0 Å². The molecule has 0 saturated carbocycles. The maximum Gasteiger partial charge on any atom is 0.253 e. The number of carbonyl (C=O) groups excluding carboxylic acids is 1. The van der Waals surface area contributed by atoms with Crippen molar-refractivity contribution < 1.29 is 4.79 Å². The number of H-pyrrole nitrogens is 1. The van der Waals surface area contributed by atoms with E-state index in [1.54, 1.807) is 6.20 Å². The number of hydrogen-bond acceptors (Lipinski definition) is 4. The number of nitrogens with one attached hydrogen (secondary N) is 1. The molecule has 1 aliphatic heterocycles. The summed E-state index contributed by atoms with van der Waals surface area (Å²) in [6.07, 6.45) is 8.33. The fourth-order valence-corrected chi connectivity index (χ4v) is 3.66. The van der Waals surface area contributed by atoms with Gasteiger partial charge in [-0.25, -0.2) is 4.98 Å². The van der Waals surface area contributed by atoms with E-state index in [0.717, 1.165) is 44.5 Å². The van der Waals surface area contributed by atoms with Gasteiger partial charge < -0.3 is 9.88 Å². The minimum absolute atomic E-state index is 0.0657. The topological polar surface area (TPSA) is 83.9 Å². The zero-order valence-electron chi connectivity index (χ0n) is 15.6. The second kappa shape index (κ2) is 8.21. The predicted octanol–water partition coefficient (Wildman–Crippen LogP) is 2.58. The lowest BCUT2D eigenvalue weighted by atomic mass is 9.93. The summed E-state index contributed by atoms with van der Waals surface area (Å²) in [5, 5.41) is 4.25. The molecule has 0 bridgehead atoms. The van der Waals surface area contributed by atoms with Crippen LogP contribution in [0.5, 0.6) is 0 Å². The minimum Gasteiger partial charge on any atom is -0.339 e. The number of rotatable bonds is 5. The third-order valence-electron chi connectivity index (χ3n) is 5.33. The largest absolute Gasteiger partial charge is 0.339 e. The first-order chi connectivity index (χ1) is 13.7. The molecule has 1 aromatic carbocycles. The van der Waals surface area contributed by atoms with Crippen LogP contribution in [0.4, 0.5) is 0 Å². The van der Waals surface area contributed by atoms with E-state index in [4.69, 9.17) is 0 Å². The molecule has 1 saturated heterocycles. The number of likely N-dealkylation sites (tertiary alicyclic amines) is 1. The lowest BCUT2D eigenvalue weighted by Crippen LogP contribution is -2.38. The van der Waals surface area contributed by atoms with Crippen LogP contribution in [0.3, 0.4) is 0 Å². The van der Waals surface area contributed by atoms with Crippen molar-refractivity contribution in [2.45, 2.75) is 25.8 Å². The average Bonchev–Trinajstić information content (AvgIpc) is 3.26. The zero-order valence-corrected chi connectivity index (χ0v) is 15.6. The van der Waals surface area contributed by atoms with Gasteiger partial charge in [0.05, 0.1) is 12.0 Å². The number of amides is 1. The van der Waals surface area contributed by atoms with Crippen LogP contribution in [0, 0.1) is 5.92 Å². The van der Waals surface area contributed by atoms with Crippen molar-refractivity contribution in [2.75, 3.05) is 13.1 Å². The maximum atomic E-state index is 12.8. The molecule has 28 heavy (non-hydrogen) atoms. The Bertz CT molecular complexity index is 971. The molecule has 1 amide bonds. The van der Waals surface area contributed by atoms with Gasteiger partial charge in [0, 0.05) is 49.2 Å². The van der Waals surface area contributed by atoms with Crippen LogP contribution in [0.1, 0.15) is 29.6 Å². The van der Waals surface area contributed by atoms with Crippen LogP contribution >= 0.6 is 0 Å². The SMILES string of the molecule is O=C(c1ccc(-c2cc(=O)[nH]cn2)cc1)N1CCC(CCn2cccn2)CC1. The van der Waals surface area contributed by atoms with Gasteiger partial charge in [-0.15, -0.1) is 0 Å². The quantitative estimate of drug-likeness (QED) is 0.741. The zero-order chi connectivity index (χ0) is 19.3. The number of aromatic amines is 1. The number of aromatic nitrogens is 4. The molecule has 7 heteroatoms. The molecule has 0 atom stereocenters. The first kappa shape index (κ1) is 18.2. The molecule has 4 rings (SSSR count). The fraction of sp³-hybridized carbons (Fsp3) is 0.333. The summed E-state index contributed by atoms with van der Waals surface area (Å²) < 4.78 is 1.97. The molecular weight excluding hydrogens is 354 g/mol. The third-order valence-corrected chi connectivity index (χ3v) is 5.33. The molecule has 144 valence electrons. The number of nitrogens with zero attached hydrogens (tertiary/aromatic N) is 4. The molecule has 1 N–H and O–H groups in total. The maximum absolute atomic E-state index is 12.8. The highest BCUT2D eigenvalue weighted by Gasteiger charge is 2.23. The van der Waals surface area contributed by atoms with Gasteiger partial charge in [0.25, 0.3) is 11.5 Å². The van der Waals surface area contributed by atoms with E-state index in [-0.39, 0.29) is 11.5 Å². The van der Waals surface area contributed by atoms with Crippen LogP contribution in [0.25, 0.3) is 11.3 Å². The summed E-state index contributed by atoms with van der Waals surface area (Å²) in [6.45, 7) is 2.52. The first-order valence-corrected chi connectivity index (χ1v) is 9.61. The highest BCUT2D eigenvalue weighted by atomic mass is 16.2. The van der Waals surface area contributed by atoms with E-state index in [9.17, 15) is 9.59 Å². The van der Waals surface area contributed by atoms with Gasteiger partial charge in [-0.2, -0.15) is 5.10 Å². The Labute approximate surface area is 163 Å². The Morgan fingerprint density at radius 3 is 2.64 bits per heavy atom. The van der Waals surface area contributed by atoms with Gasteiger partial charge in [0.15, 0.2) is 0 Å². The Morgan fingerprint density at radius 1 is 1.18 bits per heavy atom. The molecule has 7 nitrogen and oxygen atoms in total. The standard InChI is InChI=1S/C21H23N5O2/c27-20-14-19(22-15-23-20)17-2-4-18(5-3-17)21(28)25-11-6-16(7-12-25)8-13-26-10-1-9-24-26/h1-5,9-10,14-16H,6-8,11-13H2,(H,22,23,27). The molecule has 2 aromatic heterocycles. The van der Waals surface area contributed by atoms with Crippen molar-refractivity contribution in [1.82, 2.24) is 24.6 Å². The summed E-state index contributed by atoms with van der Waals surface area (Å²) >= 11 is 0. The second-order valence-corrected chi connectivity index (χ2v) is 7.17. The molecule has 1 aliphatic rings. The van der Waals surface area contributed by atoms with Crippen LogP contribution in [-0.2, 0) is 6.54 Å². The fourth-order valence-electron chi connectivity index (χ4n) is 3.66. The van der Waals surface area contributed by atoms with Gasteiger partial charge in [0.2, 0.25) is 0 Å². The van der Waals surface area contributed by atoms with E-state index in [1.165, 1.54) is 12.4 Å². The molecule has 0 radical (unpaired) electrons. The van der Waals surface area contributed by atoms with Crippen molar-refractivity contribution in [3.05, 3.63) is 71.0 Å². The summed E-state index contributed by atoms with van der Waals surface area (Å²) in [7, 11) is 0. The first-order valence-electron chi connectivity index (χ1n) is 9.61. The Kier molecular flexibility index (Phi) is 5.32. The lowest BCUT2D eigenvalue weighted by Gasteiger charge is -2.32. The number of hydrogen-bond donors (Lipinski definition) is 1. The van der Waals surface area contributed by atoms with E-state index in [2.05, 4.69) is 15.1 Å². The third kappa shape index (κ3) is 4.19. The number of benzene rings is 1. The summed E-state index contributed by atoms with van der Waals surface area (Å²) in [6, 6.07) is 10.7. The average molecular weight is 377 g/mol. The number of piperidine rings is 1. The van der Waals surface area contributed by atoms with Gasteiger partial charge in [-0.05, 0) is 43.4 Å². The van der Waals surface area contributed by atoms with E-state index in [0.29, 0.717) is 17.2 Å². The molecule has 0 unspecified atom stereocenters. The van der Waals surface area contributed by atoms with Crippen molar-refractivity contribution in [3.63, 3.8) is 0 Å². The van der Waals surface area contributed by atoms with Crippen molar-refractivity contribution in [1.29, 1.82) is 0 Å². The van der Waals surface area contributed by atoms with Crippen LogP contribution in [0.15, 0.2) is 59.9 Å². The van der Waals surface area contributed by atoms with E-state index >= 15 is 0 Å². The monoisotopic (exact) mass is 377 g/mol. The Morgan fingerprint density at radius 2 is 1.96 bits per heavy atom. The number of aryl methyl sites for hydroxylation is 1. The molecule has 3 aromatic rings. The predicted molar refractivity (Wildman–Crippen MR) is 106 cm³/mol. The summed E-state index contributed by atoms with van der Waals surface area (Å²) in [5.41, 5.74) is 1.89. The molecule has 1 fully saturated rings. The van der Waals surface area contributed by atoms with E-state index < -0.39 is 0 Å².